The first kappa shape index (κ1) is 24.4. The predicted octanol–water partition coefficient (Wildman–Crippen LogP) is 8.25. The lowest BCUT2D eigenvalue weighted by Gasteiger charge is -2.40. The molecule has 5 aromatic rings. The molecule has 0 amide bonds. The van der Waals surface area contributed by atoms with E-state index in [0.717, 1.165) is 51.2 Å². The van der Waals surface area contributed by atoms with Crippen molar-refractivity contribution in [2.75, 3.05) is 10.2 Å². The quantitative estimate of drug-likeness (QED) is 0.250. The Morgan fingerprint density at radius 1 is 0.775 bits per heavy atom. The first-order valence-electron chi connectivity index (χ1n) is 13.3. The first-order valence-corrected chi connectivity index (χ1v) is 13.7. The van der Waals surface area contributed by atoms with Crippen molar-refractivity contribution >= 4 is 46.2 Å². The molecule has 1 N–H and O–H groups in total. The zero-order valence-corrected chi connectivity index (χ0v) is 23.2. The number of aliphatic imine (C=N–C) groups is 2. The van der Waals surface area contributed by atoms with Crippen LogP contribution in [0.4, 0.5) is 22.9 Å². The molecular weight excluding hydrogens is 516 g/mol. The third-order valence-electron chi connectivity index (χ3n) is 7.57. The number of fused-ring (bicyclic) bond motifs is 4. The van der Waals surface area contributed by atoms with Gasteiger partial charge in [-0.25, -0.2) is 14.7 Å². The molecule has 0 fully saturated rings. The van der Waals surface area contributed by atoms with E-state index in [-0.39, 0.29) is 6.04 Å². The minimum Gasteiger partial charge on any atom is -0.337 e. The summed E-state index contributed by atoms with van der Waals surface area (Å²) in [5.74, 6) is 2.19. The number of para-hydroxylation sites is 3. The summed E-state index contributed by atoms with van der Waals surface area (Å²) >= 11 is 6.57. The van der Waals surface area contributed by atoms with Crippen molar-refractivity contribution in [2.24, 2.45) is 9.98 Å². The topological polar surface area (TPSA) is 57.8 Å². The van der Waals surface area contributed by atoms with E-state index < -0.39 is 0 Å². The molecule has 1 atom stereocenters. The Balaban J connectivity index is 1.50. The number of hydrogen-bond donors (Lipinski definition) is 1. The van der Waals surface area contributed by atoms with E-state index in [1.807, 2.05) is 71.4 Å². The molecular formula is C33H27ClN6. The molecule has 196 valence electrons. The van der Waals surface area contributed by atoms with Crippen LogP contribution < -0.4 is 10.2 Å². The summed E-state index contributed by atoms with van der Waals surface area (Å²) in [4.78, 5) is 12.6. The molecule has 3 heterocycles. The second-order valence-corrected chi connectivity index (χ2v) is 10.6. The summed E-state index contributed by atoms with van der Waals surface area (Å²) in [6, 6.07) is 32.5. The highest BCUT2D eigenvalue weighted by atomic mass is 35.5. The SMILES string of the molecule is Cc1ccc(NC2=Nc3ccccc3N3C2=Nc2c(c(C)nn2-c2ccccc2)[C@@H]3c2cccc(Cl)c2)cc1C. The lowest BCUT2D eigenvalue weighted by Crippen LogP contribution is -2.46. The Morgan fingerprint density at radius 3 is 2.38 bits per heavy atom. The molecule has 6 nitrogen and oxygen atoms in total. The van der Waals surface area contributed by atoms with Gasteiger partial charge in [-0.2, -0.15) is 5.10 Å². The van der Waals surface area contributed by atoms with Crippen molar-refractivity contribution in [2.45, 2.75) is 26.8 Å². The predicted molar refractivity (Wildman–Crippen MR) is 164 cm³/mol. The first-order chi connectivity index (χ1) is 19.5. The number of aromatic nitrogens is 2. The van der Waals surface area contributed by atoms with Crippen molar-refractivity contribution in [3.05, 3.63) is 130 Å². The number of rotatable bonds is 3. The number of nitrogens with one attached hydrogen (secondary N) is 1. The normalized spacial score (nSPS) is 15.5. The second kappa shape index (κ2) is 9.50. The van der Waals surface area contributed by atoms with Gasteiger partial charge in [0, 0.05) is 16.3 Å². The number of halogens is 1. The molecule has 0 spiro atoms. The van der Waals surface area contributed by atoms with Crippen LogP contribution in [0.25, 0.3) is 5.69 Å². The molecule has 0 bridgehead atoms. The fourth-order valence-electron chi connectivity index (χ4n) is 5.49. The van der Waals surface area contributed by atoms with E-state index in [4.69, 9.17) is 26.7 Å². The fraction of sp³-hybridized carbons (Fsp3) is 0.121. The molecule has 7 rings (SSSR count). The number of nitrogens with zero attached hydrogens (tertiary/aromatic N) is 5. The van der Waals surface area contributed by atoms with Crippen LogP contribution in [0.3, 0.4) is 0 Å². The van der Waals surface area contributed by atoms with Gasteiger partial charge in [0.1, 0.15) is 0 Å². The third-order valence-corrected chi connectivity index (χ3v) is 7.81. The highest BCUT2D eigenvalue weighted by Gasteiger charge is 2.41. The van der Waals surface area contributed by atoms with E-state index in [1.165, 1.54) is 11.1 Å². The van der Waals surface area contributed by atoms with Crippen LogP contribution in [-0.2, 0) is 0 Å². The molecule has 40 heavy (non-hydrogen) atoms. The number of benzene rings is 4. The molecule has 0 saturated carbocycles. The maximum Gasteiger partial charge on any atom is 0.179 e. The van der Waals surface area contributed by atoms with Gasteiger partial charge in [0.25, 0.3) is 0 Å². The van der Waals surface area contributed by atoms with Gasteiger partial charge in [-0.05, 0) is 86.0 Å². The van der Waals surface area contributed by atoms with Crippen molar-refractivity contribution < 1.29 is 0 Å². The van der Waals surface area contributed by atoms with Gasteiger partial charge < -0.3 is 10.2 Å². The zero-order chi connectivity index (χ0) is 27.4. The van der Waals surface area contributed by atoms with Gasteiger partial charge in [0.2, 0.25) is 0 Å². The van der Waals surface area contributed by atoms with Crippen LogP contribution in [0, 0.1) is 20.8 Å². The van der Waals surface area contributed by atoms with Gasteiger partial charge in [0.05, 0.1) is 28.8 Å². The summed E-state index contributed by atoms with van der Waals surface area (Å²) in [6.45, 7) is 6.28. The van der Waals surface area contributed by atoms with Crippen LogP contribution in [0.1, 0.15) is 34.0 Å². The highest BCUT2D eigenvalue weighted by Crippen LogP contribution is 2.48. The molecule has 0 saturated heterocycles. The maximum absolute atomic E-state index is 6.57. The molecule has 7 heteroatoms. The number of amidine groups is 2. The van der Waals surface area contributed by atoms with Crippen molar-refractivity contribution in [1.82, 2.24) is 9.78 Å². The number of aryl methyl sites for hydroxylation is 3. The van der Waals surface area contributed by atoms with Gasteiger partial charge in [-0.3, -0.25) is 0 Å². The Kier molecular flexibility index (Phi) is 5.79. The maximum atomic E-state index is 6.57. The molecule has 0 unspecified atom stereocenters. The Hall–Kier alpha value is -4.68. The molecule has 0 radical (unpaired) electrons. The van der Waals surface area contributed by atoms with E-state index in [1.54, 1.807) is 0 Å². The minimum atomic E-state index is -0.216. The molecule has 2 aliphatic rings. The Morgan fingerprint density at radius 2 is 1.57 bits per heavy atom. The molecule has 0 aliphatic carbocycles. The second-order valence-electron chi connectivity index (χ2n) is 10.2. The van der Waals surface area contributed by atoms with Crippen LogP contribution in [0.15, 0.2) is 107 Å². The summed E-state index contributed by atoms with van der Waals surface area (Å²) in [7, 11) is 0. The monoisotopic (exact) mass is 542 g/mol. The van der Waals surface area contributed by atoms with Gasteiger partial charge in [0.15, 0.2) is 17.5 Å². The van der Waals surface area contributed by atoms with E-state index in [2.05, 4.69) is 61.3 Å². The average Bonchev–Trinajstić information content (AvgIpc) is 3.30. The smallest absolute Gasteiger partial charge is 0.179 e. The lowest BCUT2D eigenvalue weighted by atomic mass is 9.93. The van der Waals surface area contributed by atoms with Gasteiger partial charge in [-0.15, -0.1) is 0 Å². The summed E-state index contributed by atoms with van der Waals surface area (Å²) < 4.78 is 1.93. The summed E-state index contributed by atoms with van der Waals surface area (Å²) in [5, 5.41) is 9.27. The van der Waals surface area contributed by atoms with Crippen LogP contribution in [-0.4, -0.2) is 21.5 Å². The molecule has 2 aliphatic heterocycles. The Labute approximate surface area is 238 Å². The van der Waals surface area contributed by atoms with Crippen LogP contribution in [0.5, 0.6) is 0 Å². The lowest BCUT2D eigenvalue weighted by molar-refractivity contribution is 0.815. The van der Waals surface area contributed by atoms with Crippen LogP contribution in [0.2, 0.25) is 5.02 Å². The van der Waals surface area contributed by atoms with E-state index in [9.17, 15) is 0 Å². The van der Waals surface area contributed by atoms with Gasteiger partial charge >= 0.3 is 0 Å². The largest absolute Gasteiger partial charge is 0.337 e. The highest BCUT2D eigenvalue weighted by molar-refractivity contribution is 6.51. The van der Waals surface area contributed by atoms with Crippen LogP contribution >= 0.6 is 11.6 Å². The average molecular weight is 543 g/mol. The van der Waals surface area contributed by atoms with Crippen molar-refractivity contribution in [1.29, 1.82) is 0 Å². The number of anilines is 2. The van der Waals surface area contributed by atoms with Crippen molar-refractivity contribution in [3.63, 3.8) is 0 Å². The van der Waals surface area contributed by atoms with Crippen molar-refractivity contribution in [3.8, 4) is 5.69 Å². The van der Waals surface area contributed by atoms with E-state index in [0.29, 0.717) is 10.9 Å². The zero-order valence-electron chi connectivity index (χ0n) is 22.4. The molecule has 1 aromatic heterocycles. The third kappa shape index (κ3) is 4.00. The Bertz CT molecular complexity index is 1840. The minimum absolute atomic E-state index is 0.216. The number of hydrogen-bond acceptors (Lipinski definition) is 5. The van der Waals surface area contributed by atoms with Gasteiger partial charge in [-0.1, -0.05) is 60.1 Å². The summed E-state index contributed by atoms with van der Waals surface area (Å²) in [6.07, 6.45) is 0. The van der Waals surface area contributed by atoms with E-state index >= 15 is 0 Å². The molecule has 4 aromatic carbocycles. The fourth-order valence-corrected chi connectivity index (χ4v) is 5.69. The summed E-state index contributed by atoms with van der Waals surface area (Å²) in [5.41, 5.74) is 9.22. The standard InChI is InChI=1S/C33H27ClN6/c1-20-16-17-25(18-21(20)2)35-31-33-37-32-29(22(3)38-40(32)26-12-5-4-6-13-26)30(23-10-9-11-24(34)19-23)39(33)28-15-8-7-14-27(28)36-31/h4-19,30H,1-3H3,(H,35,36)/t30-/m0/s1.